The number of methoxy groups -OCH3 is 2. The first-order valence-corrected chi connectivity index (χ1v) is 5.73. The Morgan fingerprint density at radius 2 is 1.94 bits per heavy atom. The number of hydrogen-bond donors (Lipinski definition) is 0. The van der Waals surface area contributed by atoms with Gasteiger partial charge in [-0.15, -0.1) is 0 Å². The number of nitrogens with zero attached hydrogens (tertiary/aromatic N) is 1. The van der Waals surface area contributed by atoms with Gasteiger partial charge in [-0.3, -0.25) is 0 Å². The van der Waals surface area contributed by atoms with Crippen molar-refractivity contribution >= 4 is 0 Å². The van der Waals surface area contributed by atoms with Gasteiger partial charge >= 0.3 is 0 Å². The highest BCUT2D eigenvalue weighted by atomic mass is 16.5. The maximum Gasteiger partial charge on any atom is 0.127 e. The van der Waals surface area contributed by atoms with Crippen LogP contribution in [0.2, 0.25) is 0 Å². The lowest BCUT2D eigenvalue weighted by Crippen LogP contribution is -2.03. The maximum absolute atomic E-state index is 9.24. The van der Waals surface area contributed by atoms with Gasteiger partial charge in [-0.2, -0.15) is 5.26 Å². The third-order valence-electron chi connectivity index (χ3n) is 2.68. The first-order chi connectivity index (χ1) is 8.12. The van der Waals surface area contributed by atoms with E-state index in [1.807, 2.05) is 18.2 Å². The van der Waals surface area contributed by atoms with Crippen molar-refractivity contribution in [3.8, 4) is 17.6 Å². The molecule has 0 aromatic heterocycles. The smallest absolute Gasteiger partial charge is 0.127 e. The lowest BCUT2D eigenvalue weighted by molar-refractivity contribution is 0.388. The molecule has 0 radical (unpaired) electrons. The summed E-state index contributed by atoms with van der Waals surface area (Å²) in [7, 11) is 3.23. The fourth-order valence-corrected chi connectivity index (χ4v) is 1.83. The molecular formula is C14H19NO2. The van der Waals surface area contributed by atoms with Crippen LogP contribution in [0.25, 0.3) is 0 Å². The van der Waals surface area contributed by atoms with Crippen molar-refractivity contribution in [2.75, 3.05) is 14.2 Å². The van der Waals surface area contributed by atoms with E-state index in [-0.39, 0.29) is 5.92 Å². The van der Waals surface area contributed by atoms with Gasteiger partial charge in [-0.05, 0) is 18.4 Å². The number of benzene rings is 1. The van der Waals surface area contributed by atoms with Crippen molar-refractivity contribution in [2.24, 2.45) is 5.92 Å². The summed E-state index contributed by atoms with van der Waals surface area (Å²) in [6.07, 6.45) is 0.833. The number of ether oxygens (including phenoxy) is 2. The molecule has 0 spiro atoms. The molecule has 1 aromatic carbocycles. The highest BCUT2D eigenvalue weighted by Crippen LogP contribution is 2.33. The summed E-state index contributed by atoms with van der Waals surface area (Å²) < 4.78 is 10.5. The fraction of sp³-hybridized carbons (Fsp3) is 0.500. The van der Waals surface area contributed by atoms with Crippen molar-refractivity contribution in [1.29, 1.82) is 5.26 Å². The van der Waals surface area contributed by atoms with Crippen LogP contribution in [0.1, 0.15) is 31.7 Å². The van der Waals surface area contributed by atoms with E-state index in [9.17, 15) is 5.26 Å². The lowest BCUT2D eigenvalue weighted by atomic mass is 9.91. The second-order valence-electron chi connectivity index (χ2n) is 4.42. The summed E-state index contributed by atoms with van der Waals surface area (Å²) in [6, 6.07) is 7.93. The van der Waals surface area contributed by atoms with Crippen LogP contribution in [0, 0.1) is 17.2 Å². The zero-order valence-electron chi connectivity index (χ0n) is 10.9. The highest BCUT2D eigenvalue weighted by molar-refractivity contribution is 5.44. The van der Waals surface area contributed by atoms with Gasteiger partial charge in [0.15, 0.2) is 0 Å². The molecule has 1 atom stereocenters. The molecule has 0 heterocycles. The van der Waals surface area contributed by atoms with E-state index in [1.54, 1.807) is 14.2 Å². The molecular weight excluding hydrogens is 214 g/mol. The predicted molar refractivity (Wildman–Crippen MR) is 67.4 cm³/mol. The van der Waals surface area contributed by atoms with E-state index in [1.165, 1.54) is 0 Å². The Morgan fingerprint density at radius 3 is 2.41 bits per heavy atom. The zero-order chi connectivity index (χ0) is 12.8. The van der Waals surface area contributed by atoms with E-state index >= 15 is 0 Å². The van der Waals surface area contributed by atoms with Crippen molar-refractivity contribution in [3.63, 3.8) is 0 Å². The normalized spacial score (nSPS) is 12.0. The summed E-state index contributed by atoms with van der Waals surface area (Å²) in [5.41, 5.74) is 0.935. The lowest BCUT2D eigenvalue weighted by Gasteiger charge is -2.16. The van der Waals surface area contributed by atoms with Gasteiger partial charge in [0.1, 0.15) is 11.5 Å². The van der Waals surface area contributed by atoms with E-state index in [4.69, 9.17) is 9.47 Å². The van der Waals surface area contributed by atoms with Gasteiger partial charge in [0.05, 0.1) is 26.2 Å². The largest absolute Gasteiger partial charge is 0.497 e. The average molecular weight is 233 g/mol. The van der Waals surface area contributed by atoms with Crippen molar-refractivity contribution < 1.29 is 9.47 Å². The minimum Gasteiger partial charge on any atom is -0.497 e. The topological polar surface area (TPSA) is 42.2 Å². The predicted octanol–water partition coefficient (Wildman–Crippen LogP) is 3.36. The maximum atomic E-state index is 9.24. The summed E-state index contributed by atoms with van der Waals surface area (Å²) in [4.78, 5) is 0. The Kier molecular flexibility index (Phi) is 4.84. The summed E-state index contributed by atoms with van der Waals surface area (Å²) in [5, 5.41) is 9.24. The number of nitriles is 1. The Labute approximate surface area is 103 Å². The van der Waals surface area contributed by atoms with Gasteiger partial charge in [-0.1, -0.05) is 19.9 Å². The van der Waals surface area contributed by atoms with Crippen LogP contribution >= 0.6 is 0 Å². The van der Waals surface area contributed by atoms with Crippen LogP contribution in [0.5, 0.6) is 11.5 Å². The molecule has 0 aliphatic heterocycles. The van der Waals surface area contributed by atoms with Crippen LogP contribution in [0.3, 0.4) is 0 Å². The highest BCUT2D eigenvalue weighted by Gasteiger charge is 2.17. The van der Waals surface area contributed by atoms with Crippen LogP contribution in [0.4, 0.5) is 0 Å². The SMILES string of the molecule is COc1ccc(C(C#N)CC(C)C)c(OC)c1. The van der Waals surface area contributed by atoms with Gasteiger partial charge in [0.25, 0.3) is 0 Å². The van der Waals surface area contributed by atoms with Crippen LogP contribution < -0.4 is 9.47 Å². The standard InChI is InChI=1S/C14H19NO2/c1-10(2)7-11(9-15)13-6-5-12(16-3)8-14(13)17-4/h5-6,8,10-11H,7H2,1-4H3. The van der Waals surface area contributed by atoms with Crippen molar-refractivity contribution in [1.82, 2.24) is 0 Å². The van der Waals surface area contributed by atoms with Crippen LogP contribution in [-0.2, 0) is 0 Å². The zero-order valence-corrected chi connectivity index (χ0v) is 10.9. The van der Waals surface area contributed by atoms with Gasteiger partial charge in [0, 0.05) is 11.6 Å². The van der Waals surface area contributed by atoms with Crippen molar-refractivity contribution in [3.05, 3.63) is 23.8 Å². The van der Waals surface area contributed by atoms with Gasteiger partial charge in [-0.25, -0.2) is 0 Å². The Bertz CT molecular complexity index is 407. The first kappa shape index (κ1) is 13.4. The minimum absolute atomic E-state index is 0.129. The molecule has 92 valence electrons. The minimum atomic E-state index is -0.129. The third-order valence-corrected chi connectivity index (χ3v) is 2.68. The fourth-order valence-electron chi connectivity index (χ4n) is 1.83. The molecule has 0 amide bonds. The van der Waals surface area contributed by atoms with Gasteiger partial charge in [0.2, 0.25) is 0 Å². The molecule has 0 fully saturated rings. The van der Waals surface area contributed by atoms with Crippen molar-refractivity contribution in [2.45, 2.75) is 26.2 Å². The quantitative estimate of drug-likeness (QED) is 0.783. The van der Waals surface area contributed by atoms with Gasteiger partial charge < -0.3 is 9.47 Å². The second kappa shape index (κ2) is 6.15. The van der Waals surface area contributed by atoms with E-state index in [0.29, 0.717) is 5.92 Å². The van der Waals surface area contributed by atoms with E-state index in [0.717, 1.165) is 23.5 Å². The Morgan fingerprint density at radius 1 is 1.24 bits per heavy atom. The second-order valence-corrected chi connectivity index (χ2v) is 4.42. The molecule has 1 rings (SSSR count). The van der Waals surface area contributed by atoms with Crippen LogP contribution in [-0.4, -0.2) is 14.2 Å². The number of rotatable bonds is 5. The summed E-state index contributed by atoms with van der Waals surface area (Å²) >= 11 is 0. The molecule has 17 heavy (non-hydrogen) atoms. The Hall–Kier alpha value is -1.69. The van der Waals surface area contributed by atoms with E-state index < -0.39 is 0 Å². The Balaban J connectivity index is 3.07. The molecule has 0 saturated heterocycles. The molecule has 1 unspecified atom stereocenters. The summed E-state index contributed by atoms with van der Waals surface area (Å²) in [5.74, 6) is 1.81. The van der Waals surface area contributed by atoms with E-state index in [2.05, 4.69) is 19.9 Å². The molecule has 1 aromatic rings. The molecule has 0 aliphatic rings. The molecule has 0 saturated carbocycles. The molecule has 0 aliphatic carbocycles. The monoisotopic (exact) mass is 233 g/mol. The molecule has 3 heteroatoms. The first-order valence-electron chi connectivity index (χ1n) is 5.73. The third kappa shape index (κ3) is 3.39. The molecule has 0 bridgehead atoms. The average Bonchev–Trinajstić information content (AvgIpc) is 2.35. The summed E-state index contributed by atoms with van der Waals surface area (Å²) in [6.45, 7) is 4.22. The van der Waals surface area contributed by atoms with Crippen LogP contribution in [0.15, 0.2) is 18.2 Å². The molecule has 0 N–H and O–H groups in total. The molecule has 3 nitrogen and oxygen atoms in total. The number of hydrogen-bond acceptors (Lipinski definition) is 3.